The fourth-order valence-corrected chi connectivity index (χ4v) is 2.50. The lowest BCUT2D eigenvalue weighted by Gasteiger charge is -2.03. The summed E-state index contributed by atoms with van der Waals surface area (Å²) in [7, 11) is 0. The Morgan fingerprint density at radius 2 is 1.95 bits per heavy atom. The van der Waals surface area contributed by atoms with Crippen molar-refractivity contribution in [2.75, 3.05) is 6.61 Å². The van der Waals surface area contributed by atoms with Crippen molar-refractivity contribution in [1.29, 1.82) is 0 Å². The highest BCUT2D eigenvalue weighted by Crippen LogP contribution is 2.33. The van der Waals surface area contributed by atoms with Crippen LogP contribution in [0.25, 0.3) is 6.08 Å². The van der Waals surface area contributed by atoms with Crippen LogP contribution in [0.4, 0.5) is 0 Å². The Kier molecular flexibility index (Phi) is 3.80. The van der Waals surface area contributed by atoms with Crippen LogP contribution in [0.3, 0.4) is 0 Å². The van der Waals surface area contributed by atoms with Crippen molar-refractivity contribution < 1.29 is 14.3 Å². The first-order chi connectivity index (χ1) is 10.2. The number of fused-ring (bicyclic) bond motifs is 1. The fraction of sp³-hybridized carbons (Fsp3) is 0.118. The molecule has 0 aliphatic carbocycles. The molecule has 1 aliphatic heterocycles. The van der Waals surface area contributed by atoms with Gasteiger partial charge >= 0.3 is 0 Å². The average molecular weight is 345 g/mol. The molecule has 0 saturated carbocycles. The zero-order valence-electron chi connectivity index (χ0n) is 11.4. The van der Waals surface area contributed by atoms with Crippen LogP contribution in [0.5, 0.6) is 11.5 Å². The predicted octanol–water partition coefficient (Wildman–Crippen LogP) is 4.46. The zero-order valence-corrected chi connectivity index (χ0v) is 13.0. The number of ketones is 1. The van der Waals surface area contributed by atoms with Gasteiger partial charge in [0.15, 0.2) is 5.76 Å². The minimum atomic E-state index is -0.0971. The number of hydrogen-bond acceptors (Lipinski definition) is 3. The van der Waals surface area contributed by atoms with Gasteiger partial charge in [0.05, 0.1) is 12.2 Å². The van der Waals surface area contributed by atoms with Gasteiger partial charge in [0.25, 0.3) is 0 Å². The molecule has 0 unspecified atom stereocenters. The second-order valence-corrected chi connectivity index (χ2v) is 5.50. The van der Waals surface area contributed by atoms with Crippen LogP contribution in [0.2, 0.25) is 0 Å². The second-order valence-electron chi connectivity index (χ2n) is 4.58. The van der Waals surface area contributed by atoms with Crippen LogP contribution in [-0.2, 0) is 0 Å². The average Bonchev–Trinajstić information content (AvgIpc) is 2.78. The SMILES string of the molecule is CCOc1ccc(/C=C2\Oc3ccc(Br)cc3C2=O)cc1. The van der Waals surface area contributed by atoms with Crippen molar-refractivity contribution in [3.05, 3.63) is 63.8 Å². The Morgan fingerprint density at radius 1 is 1.19 bits per heavy atom. The van der Waals surface area contributed by atoms with E-state index in [1.54, 1.807) is 18.2 Å². The van der Waals surface area contributed by atoms with Crippen molar-refractivity contribution >= 4 is 27.8 Å². The summed E-state index contributed by atoms with van der Waals surface area (Å²) in [6.45, 7) is 2.57. The zero-order chi connectivity index (χ0) is 14.8. The Bertz CT molecular complexity index is 717. The van der Waals surface area contributed by atoms with Crippen molar-refractivity contribution in [2.45, 2.75) is 6.92 Å². The molecule has 0 aromatic heterocycles. The maximum absolute atomic E-state index is 12.3. The summed E-state index contributed by atoms with van der Waals surface area (Å²) in [6, 6.07) is 13.0. The summed E-state index contributed by atoms with van der Waals surface area (Å²) in [5.74, 6) is 1.65. The molecular formula is C17H13BrO3. The lowest BCUT2D eigenvalue weighted by Crippen LogP contribution is -1.98. The minimum absolute atomic E-state index is 0.0971. The highest BCUT2D eigenvalue weighted by Gasteiger charge is 2.27. The largest absolute Gasteiger partial charge is 0.494 e. The Labute approximate surface area is 131 Å². The summed E-state index contributed by atoms with van der Waals surface area (Å²) in [5.41, 5.74) is 1.48. The van der Waals surface area contributed by atoms with Gasteiger partial charge < -0.3 is 9.47 Å². The Balaban J connectivity index is 1.87. The molecule has 106 valence electrons. The first-order valence-corrected chi connectivity index (χ1v) is 7.43. The number of ether oxygens (including phenoxy) is 2. The summed E-state index contributed by atoms with van der Waals surface area (Å²) < 4.78 is 11.9. The maximum atomic E-state index is 12.3. The normalized spacial score (nSPS) is 15.0. The summed E-state index contributed by atoms with van der Waals surface area (Å²) in [6.07, 6.45) is 1.74. The van der Waals surface area contributed by atoms with E-state index in [2.05, 4.69) is 15.9 Å². The summed E-state index contributed by atoms with van der Waals surface area (Å²) in [5, 5.41) is 0. The van der Waals surface area contributed by atoms with E-state index in [-0.39, 0.29) is 5.78 Å². The van der Waals surface area contributed by atoms with E-state index < -0.39 is 0 Å². The molecule has 21 heavy (non-hydrogen) atoms. The number of Topliss-reactive ketones (excluding diaryl/α,β-unsaturated/α-hetero) is 1. The van der Waals surface area contributed by atoms with Gasteiger partial charge in [0.2, 0.25) is 5.78 Å². The van der Waals surface area contributed by atoms with E-state index in [0.717, 1.165) is 15.8 Å². The molecule has 4 heteroatoms. The van der Waals surface area contributed by atoms with Crippen LogP contribution in [-0.4, -0.2) is 12.4 Å². The number of halogens is 1. The third kappa shape index (κ3) is 2.85. The lowest BCUT2D eigenvalue weighted by molar-refractivity contribution is 0.101. The predicted molar refractivity (Wildman–Crippen MR) is 84.7 cm³/mol. The smallest absolute Gasteiger partial charge is 0.232 e. The van der Waals surface area contributed by atoms with E-state index >= 15 is 0 Å². The Hall–Kier alpha value is -2.07. The Morgan fingerprint density at radius 3 is 2.67 bits per heavy atom. The molecule has 0 atom stereocenters. The van der Waals surface area contributed by atoms with Crippen LogP contribution in [0.15, 0.2) is 52.7 Å². The van der Waals surface area contributed by atoms with E-state index in [9.17, 15) is 4.79 Å². The van der Waals surface area contributed by atoms with Crippen molar-refractivity contribution in [1.82, 2.24) is 0 Å². The first-order valence-electron chi connectivity index (χ1n) is 6.64. The van der Waals surface area contributed by atoms with E-state index in [4.69, 9.17) is 9.47 Å². The number of hydrogen-bond donors (Lipinski definition) is 0. The molecule has 0 N–H and O–H groups in total. The van der Waals surface area contributed by atoms with Gasteiger partial charge in [-0.25, -0.2) is 0 Å². The quantitative estimate of drug-likeness (QED) is 0.771. The molecule has 0 amide bonds. The van der Waals surface area contributed by atoms with E-state index in [1.807, 2.05) is 37.3 Å². The number of benzene rings is 2. The second kappa shape index (κ2) is 5.74. The number of rotatable bonds is 3. The van der Waals surface area contributed by atoms with Crippen LogP contribution in [0.1, 0.15) is 22.8 Å². The molecule has 0 fully saturated rings. The highest BCUT2D eigenvalue weighted by molar-refractivity contribution is 9.10. The van der Waals surface area contributed by atoms with Crippen LogP contribution < -0.4 is 9.47 Å². The molecule has 3 rings (SSSR count). The van der Waals surface area contributed by atoms with Crippen LogP contribution >= 0.6 is 15.9 Å². The third-order valence-electron chi connectivity index (χ3n) is 3.12. The van der Waals surface area contributed by atoms with Crippen LogP contribution in [0, 0.1) is 0 Å². The molecule has 0 radical (unpaired) electrons. The van der Waals surface area contributed by atoms with Gasteiger partial charge in [-0.15, -0.1) is 0 Å². The molecule has 0 bridgehead atoms. The molecule has 2 aromatic rings. The summed E-state index contributed by atoms with van der Waals surface area (Å²) >= 11 is 3.36. The standard InChI is InChI=1S/C17H13BrO3/c1-2-20-13-6-3-11(4-7-13)9-16-17(19)14-10-12(18)5-8-15(14)21-16/h3-10H,2H2,1H3/b16-9-. The molecule has 0 spiro atoms. The molecule has 0 saturated heterocycles. The van der Waals surface area contributed by atoms with Gasteiger partial charge in [-0.2, -0.15) is 0 Å². The van der Waals surface area contributed by atoms with Gasteiger partial charge in [-0.3, -0.25) is 4.79 Å². The molecule has 2 aromatic carbocycles. The monoisotopic (exact) mass is 344 g/mol. The van der Waals surface area contributed by atoms with Gasteiger partial charge in [-0.05, 0) is 48.9 Å². The minimum Gasteiger partial charge on any atom is -0.494 e. The molecule has 1 aliphatic rings. The van der Waals surface area contributed by atoms with Gasteiger partial charge in [0, 0.05) is 4.47 Å². The topological polar surface area (TPSA) is 35.5 Å². The first kappa shape index (κ1) is 13.9. The highest BCUT2D eigenvalue weighted by atomic mass is 79.9. The van der Waals surface area contributed by atoms with E-state index in [0.29, 0.717) is 23.7 Å². The number of carbonyl (C=O) groups excluding carboxylic acids is 1. The third-order valence-corrected chi connectivity index (χ3v) is 3.61. The van der Waals surface area contributed by atoms with Crippen molar-refractivity contribution in [3.8, 4) is 11.5 Å². The molecule has 1 heterocycles. The fourth-order valence-electron chi connectivity index (χ4n) is 2.14. The number of allylic oxidation sites excluding steroid dienone is 1. The number of carbonyl (C=O) groups is 1. The van der Waals surface area contributed by atoms with Gasteiger partial charge in [0.1, 0.15) is 11.5 Å². The van der Waals surface area contributed by atoms with Crippen molar-refractivity contribution in [2.24, 2.45) is 0 Å². The lowest BCUT2D eigenvalue weighted by atomic mass is 10.1. The maximum Gasteiger partial charge on any atom is 0.232 e. The van der Waals surface area contributed by atoms with Gasteiger partial charge in [-0.1, -0.05) is 28.1 Å². The van der Waals surface area contributed by atoms with E-state index in [1.165, 1.54) is 0 Å². The molecular weight excluding hydrogens is 332 g/mol. The van der Waals surface area contributed by atoms with Crippen molar-refractivity contribution in [3.63, 3.8) is 0 Å². The summed E-state index contributed by atoms with van der Waals surface area (Å²) in [4.78, 5) is 12.3. The molecule has 3 nitrogen and oxygen atoms in total.